The third-order valence-corrected chi connectivity index (χ3v) is 1.49. The van der Waals surface area contributed by atoms with E-state index in [0.29, 0.717) is 5.70 Å². The molecule has 3 heteroatoms. The third-order valence-electron chi connectivity index (χ3n) is 1.49. The molecule has 72 valence electrons. The predicted octanol–water partition coefficient (Wildman–Crippen LogP) is 1.72. The van der Waals surface area contributed by atoms with Gasteiger partial charge >= 0.3 is 0 Å². The maximum absolute atomic E-state index is 12.4. The summed E-state index contributed by atoms with van der Waals surface area (Å²) in [4.78, 5) is 0. The fraction of sp³-hybridized carbons (Fsp3) is 0.200. The summed E-state index contributed by atoms with van der Waals surface area (Å²) in [5, 5.41) is 0. The van der Waals surface area contributed by atoms with E-state index in [4.69, 9.17) is 5.73 Å². The van der Waals surface area contributed by atoms with E-state index in [0.717, 1.165) is 5.56 Å². The van der Waals surface area contributed by atoms with Crippen LogP contribution in [0.5, 0.6) is 0 Å². The van der Waals surface area contributed by atoms with Crippen LogP contribution in [0, 0.1) is 5.82 Å². The lowest BCUT2D eigenvalue weighted by Crippen LogP contribution is -1.94. The molecule has 0 aliphatic carbocycles. The standard InChI is InChI=1S/C9H10FN.CH5N/c1-2-9(11)7-3-5-8(10)6-4-7;1-2/h2-6H,11H2,1H3;2H2,1H3/b9-2-;. The van der Waals surface area contributed by atoms with E-state index in [-0.39, 0.29) is 5.82 Å². The van der Waals surface area contributed by atoms with Crippen molar-refractivity contribution < 1.29 is 4.39 Å². The molecule has 0 aromatic heterocycles. The Balaban J connectivity index is 0.000000671. The largest absolute Gasteiger partial charge is 0.399 e. The number of halogens is 1. The van der Waals surface area contributed by atoms with Crippen LogP contribution in [0.25, 0.3) is 5.70 Å². The Morgan fingerprint density at radius 1 is 1.23 bits per heavy atom. The van der Waals surface area contributed by atoms with Crippen LogP contribution in [-0.4, -0.2) is 7.05 Å². The van der Waals surface area contributed by atoms with Gasteiger partial charge in [-0.15, -0.1) is 0 Å². The van der Waals surface area contributed by atoms with Gasteiger partial charge in [0.2, 0.25) is 0 Å². The molecule has 0 aliphatic heterocycles. The fourth-order valence-electron chi connectivity index (χ4n) is 0.809. The van der Waals surface area contributed by atoms with Gasteiger partial charge in [-0.25, -0.2) is 4.39 Å². The van der Waals surface area contributed by atoms with E-state index in [1.807, 2.05) is 6.92 Å². The topological polar surface area (TPSA) is 52.0 Å². The Kier molecular flexibility index (Phi) is 5.55. The van der Waals surface area contributed by atoms with Crippen molar-refractivity contribution >= 4 is 5.70 Å². The first-order valence-electron chi connectivity index (χ1n) is 3.99. The predicted molar refractivity (Wildman–Crippen MR) is 54.3 cm³/mol. The molecule has 0 atom stereocenters. The molecule has 0 saturated heterocycles. The van der Waals surface area contributed by atoms with Crippen LogP contribution in [0.1, 0.15) is 12.5 Å². The normalized spacial score (nSPS) is 10.3. The zero-order valence-corrected chi connectivity index (χ0v) is 7.92. The van der Waals surface area contributed by atoms with E-state index in [1.54, 1.807) is 18.2 Å². The molecule has 0 amide bonds. The number of allylic oxidation sites excluding steroid dienone is 1. The highest BCUT2D eigenvalue weighted by atomic mass is 19.1. The van der Waals surface area contributed by atoms with Gasteiger partial charge in [0.25, 0.3) is 0 Å². The Morgan fingerprint density at radius 3 is 2.08 bits per heavy atom. The Hall–Kier alpha value is -1.35. The van der Waals surface area contributed by atoms with Gasteiger partial charge in [0.1, 0.15) is 5.82 Å². The number of rotatable bonds is 1. The second-order valence-corrected chi connectivity index (χ2v) is 2.25. The molecule has 0 radical (unpaired) electrons. The van der Waals surface area contributed by atoms with E-state index in [2.05, 4.69) is 5.73 Å². The fourth-order valence-corrected chi connectivity index (χ4v) is 0.809. The van der Waals surface area contributed by atoms with E-state index < -0.39 is 0 Å². The molecule has 0 spiro atoms. The summed E-state index contributed by atoms with van der Waals surface area (Å²) in [6.07, 6.45) is 1.78. The minimum absolute atomic E-state index is 0.238. The van der Waals surface area contributed by atoms with Crippen LogP contribution in [0.3, 0.4) is 0 Å². The molecule has 13 heavy (non-hydrogen) atoms. The van der Waals surface area contributed by atoms with Gasteiger partial charge in [-0.1, -0.05) is 18.2 Å². The molecule has 0 aliphatic rings. The van der Waals surface area contributed by atoms with E-state index >= 15 is 0 Å². The lowest BCUT2D eigenvalue weighted by Gasteiger charge is -1.98. The van der Waals surface area contributed by atoms with Crippen LogP contribution in [-0.2, 0) is 0 Å². The average Bonchev–Trinajstić information content (AvgIpc) is 2.21. The number of hydrogen-bond donors (Lipinski definition) is 2. The molecule has 1 rings (SSSR count). The van der Waals surface area contributed by atoms with Crippen molar-refractivity contribution in [3.8, 4) is 0 Å². The molecule has 0 fully saturated rings. The smallest absolute Gasteiger partial charge is 0.123 e. The van der Waals surface area contributed by atoms with Crippen LogP contribution in [0.4, 0.5) is 4.39 Å². The summed E-state index contributed by atoms with van der Waals surface area (Å²) in [6.45, 7) is 1.85. The molecule has 0 saturated carbocycles. The molecular weight excluding hydrogens is 167 g/mol. The zero-order valence-electron chi connectivity index (χ0n) is 7.92. The number of nitrogens with two attached hydrogens (primary N) is 2. The first-order chi connectivity index (χ1) is 6.24. The van der Waals surface area contributed by atoms with Gasteiger partial charge in [-0.3, -0.25) is 0 Å². The molecule has 0 unspecified atom stereocenters. The molecule has 2 nitrogen and oxygen atoms in total. The van der Waals surface area contributed by atoms with Crippen LogP contribution in [0.2, 0.25) is 0 Å². The van der Waals surface area contributed by atoms with Crippen molar-refractivity contribution in [3.05, 3.63) is 41.7 Å². The summed E-state index contributed by atoms with van der Waals surface area (Å²) in [5.74, 6) is -0.238. The van der Waals surface area contributed by atoms with Gasteiger partial charge in [0, 0.05) is 5.70 Å². The van der Waals surface area contributed by atoms with Gasteiger partial charge in [-0.2, -0.15) is 0 Å². The average molecular weight is 182 g/mol. The first kappa shape index (κ1) is 11.6. The first-order valence-corrected chi connectivity index (χ1v) is 3.99. The molecule has 0 heterocycles. The maximum Gasteiger partial charge on any atom is 0.123 e. The van der Waals surface area contributed by atoms with Gasteiger partial charge in [-0.05, 0) is 31.7 Å². The summed E-state index contributed by atoms with van der Waals surface area (Å²) < 4.78 is 12.4. The lowest BCUT2D eigenvalue weighted by molar-refractivity contribution is 0.627. The second-order valence-electron chi connectivity index (χ2n) is 2.25. The highest BCUT2D eigenvalue weighted by Gasteiger charge is 1.93. The van der Waals surface area contributed by atoms with Crippen molar-refractivity contribution in [2.45, 2.75) is 6.92 Å². The van der Waals surface area contributed by atoms with Crippen molar-refractivity contribution in [2.75, 3.05) is 7.05 Å². The van der Waals surface area contributed by atoms with Gasteiger partial charge < -0.3 is 11.5 Å². The van der Waals surface area contributed by atoms with Crippen LogP contribution in [0.15, 0.2) is 30.3 Å². The van der Waals surface area contributed by atoms with E-state index in [1.165, 1.54) is 19.2 Å². The number of hydrogen-bond acceptors (Lipinski definition) is 2. The van der Waals surface area contributed by atoms with Crippen LogP contribution >= 0.6 is 0 Å². The minimum Gasteiger partial charge on any atom is -0.399 e. The van der Waals surface area contributed by atoms with Gasteiger partial charge in [0.15, 0.2) is 0 Å². The minimum atomic E-state index is -0.238. The zero-order chi connectivity index (χ0) is 10.3. The van der Waals surface area contributed by atoms with Crippen molar-refractivity contribution in [1.29, 1.82) is 0 Å². The molecule has 1 aromatic carbocycles. The SMILES string of the molecule is C/C=C(\N)c1ccc(F)cc1.CN. The Morgan fingerprint density at radius 2 is 1.69 bits per heavy atom. The highest BCUT2D eigenvalue weighted by molar-refractivity contribution is 5.61. The Labute approximate surface area is 78.1 Å². The molecule has 1 aromatic rings. The lowest BCUT2D eigenvalue weighted by atomic mass is 10.1. The molecular formula is C10H15FN2. The van der Waals surface area contributed by atoms with Crippen molar-refractivity contribution in [1.82, 2.24) is 0 Å². The second kappa shape index (κ2) is 6.20. The summed E-state index contributed by atoms with van der Waals surface area (Å²) in [5.41, 5.74) is 11.6. The van der Waals surface area contributed by atoms with Crippen molar-refractivity contribution in [2.24, 2.45) is 11.5 Å². The third kappa shape index (κ3) is 3.71. The quantitative estimate of drug-likeness (QED) is 0.694. The van der Waals surface area contributed by atoms with Crippen molar-refractivity contribution in [3.63, 3.8) is 0 Å². The highest BCUT2D eigenvalue weighted by Crippen LogP contribution is 2.08. The van der Waals surface area contributed by atoms with E-state index in [9.17, 15) is 4.39 Å². The summed E-state index contributed by atoms with van der Waals surface area (Å²) in [7, 11) is 1.50. The Bertz CT molecular complexity index is 265. The molecule has 0 bridgehead atoms. The maximum atomic E-state index is 12.4. The van der Waals surface area contributed by atoms with Gasteiger partial charge in [0.05, 0.1) is 0 Å². The summed E-state index contributed by atoms with van der Waals surface area (Å²) in [6, 6.07) is 6.10. The molecule has 4 N–H and O–H groups in total. The number of benzene rings is 1. The summed E-state index contributed by atoms with van der Waals surface area (Å²) >= 11 is 0. The monoisotopic (exact) mass is 182 g/mol. The van der Waals surface area contributed by atoms with Crippen LogP contribution < -0.4 is 11.5 Å².